The molecule has 0 aliphatic carbocycles. The number of nitrogens with one attached hydrogen (secondary N) is 1. The van der Waals surface area contributed by atoms with Crippen molar-refractivity contribution in [1.82, 2.24) is 5.32 Å². The molecular formula is C19H19NO3. The number of carbonyl (C=O) groups is 1. The summed E-state index contributed by atoms with van der Waals surface area (Å²) in [5.74, 6) is 1.50. The van der Waals surface area contributed by atoms with Gasteiger partial charge in [-0.05, 0) is 43.3 Å². The summed E-state index contributed by atoms with van der Waals surface area (Å²) in [6.07, 6.45) is 0.649. The van der Waals surface area contributed by atoms with Gasteiger partial charge >= 0.3 is 0 Å². The van der Waals surface area contributed by atoms with Crippen LogP contribution in [0.15, 0.2) is 59.0 Å². The minimum Gasteiger partial charge on any atom is -0.497 e. The molecule has 1 amide bonds. The first-order valence-corrected chi connectivity index (χ1v) is 7.58. The van der Waals surface area contributed by atoms with Gasteiger partial charge in [0.25, 0.3) is 5.91 Å². The van der Waals surface area contributed by atoms with Gasteiger partial charge in [0.1, 0.15) is 17.1 Å². The summed E-state index contributed by atoms with van der Waals surface area (Å²) in [6.45, 7) is 1.97. The Morgan fingerprint density at radius 3 is 2.61 bits per heavy atom. The van der Waals surface area contributed by atoms with Gasteiger partial charge in [-0.3, -0.25) is 4.79 Å². The molecule has 1 N–H and O–H groups in total. The van der Waals surface area contributed by atoms with Crippen LogP contribution in [-0.2, 0) is 6.42 Å². The molecule has 0 fully saturated rings. The Morgan fingerprint density at radius 1 is 1.17 bits per heavy atom. The highest BCUT2D eigenvalue weighted by Gasteiger charge is 2.12. The van der Waals surface area contributed by atoms with E-state index in [9.17, 15) is 4.79 Å². The van der Waals surface area contributed by atoms with Crippen LogP contribution in [0, 0.1) is 0 Å². The lowest BCUT2D eigenvalue weighted by Crippen LogP contribution is -2.33. The van der Waals surface area contributed by atoms with Crippen LogP contribution in [0.3, 0.4) is 0 Å². The van der Waals surface area contributed by atoms with Crippen LogP contribution >= 0.6 is 0 Å². The molecule has 1 heterocycles. The molecule has 3 aromatic rings. The number of carbonyl (C=O) groups excluding carboxylic acids is 1. The van der Waals surface area contributed by atoms with Crippen molar-refractivity contribution in [1.29, 1.82) is 0 Å². The summed E-state index contributed by atoms with van der Waals surface area (Å²) >= 11 is 0. The highest BCUT2D eigenvalue weighted by atomic mass is 16.5. The number of fused-ring (bicyclic) bond motifs is 1. The van der Waals surface area contributed by atoms with E-state index < -0.39 is 0 Å². The van der Waals surface area contributed by atoms with Crippen LogP contribution in [0.25, 0.3) is 11.0 Å². The van der Waals surface area contributed by atoms with Crippen molar-refractivity contribution in [3.05, 3.63) is 65.9 Å². The van der Waals surface area contributed by atoms with E-state index in [1.807, 2.05) is 37.3 Å². The normalized spacial score (nSPS) is 12.1. The van der Waals surface area contributed by atoms with Gasteiger partial charge in [-0.2, -0.15) is 0 Å². The van der Waals surface area contributed by atoms with Gasteiger partial charge in [0.2, 0.25) is 0 Å². The van der Waals surface area contributed by atoms with E-state index in [4.69, 9.17) is 9.15 Å². The zero-order chi connectivity index (χ0) is 16.2. The van der Waals surface area contributed by atoms with E-state index in [0.717, 1.165) is 22.5 Å². The van der Waals surface area contributed by atoms with Crippen molar-refractivity contribution in [2.75, 3.05) is 7.11 Å². The lowest BCUT2D eigenvalue weighted by atomic mass is 10.1. The molecule has 23 heavy (non-hydrogen) atoms. The van der Waals surface area contributed by atoms with E-state index >= 15 is 0 Å². The van der Waals surface area contributed by atoms with Gasteiger partial charge < -0.3 is 14.5 Å². The van der Waals surface area contributed by atoms with Crippen molar-refractivity contribution in [3.8, 4) is 5.75 Å². The maximum atomic E-state index is 12.2. The van der Waals surface area contributed by atoms with E-state index in [0.29, 0.717) is 12.0 Å². The number of benzene rings is 2. The first kappa shape index (κ1) is 15.2. The molecule has 0 spiro atoms. The molecule has 0 aliphatic heterocycles. The molecule has 1 unspecified atom stereocenters. The first-order valence-electron chi connectivity index (χ1n) is 7.58. The largest absolute Gasteiger partial charge is 0.497 e. The zero-order valence-electron chi connectivity index (χ0n) is 13.2. The molecule has 3 rings (SSSR count). The lowest BCUT2D eigenvalue weighted by molar-refractivity contribution is 0.0939. The molecule has 0 bridgehead atoms. The average Bonchev–Trinajstić information content (AvgIpc) is 2.96. The fraction of sp³-hybridized carbons (Fsp3) is 0.211. The number of furan rings is 1. The predicted molar refractivity (Wildman–Crippen MR) is 89.8 cm³/mol. The quantitative estimate of drug-likeness (QED) is 0.780. The van der Waals surface area contributed by atoms with Crippen molar-refractivity contribution < 1.29 is 13.9 Å². The summed E-state index contributed by atoms with van der Waals surface area (Å²) in [4.78, 5) is 12.2. The Balaban J connectivity index is 1.63. The van der Waals surface area contributed by atoms with Gasteiger partial charge in [0, 0.05) is 23.4 Å². The average molecular weight is 309 g/mol. The predicted octanol–water partition coefficient (Wildman–Crippen LogP) is 3.80. The summed E-state index contributed by atoms with van der Waals surface area (Å²) in [5.41, 5.74) is 1.48. The summed E-state index contributed by atoms with van der Waals surface area (Å²) < 4.78 is 10.9. The molecule has 2 aromatic carbocycles. The van der Waals surface area contributed by atoms with Crippen LogP contribution in [0.5, 0.6) is 5.75 Å². The van der Waals surface area contributed by atoms with E-state index in [2.05, 4.69) is 5.32 Å². The second kappa shape index (κ2) is 6.57. The smallest absolute Gasteiger partial charge is 0.251 e. The van der Waals surface area contributed by atoms with Crippen LogP contribution in [0.2, 0.25) is 0 Å². The number of amides is 1. The number of rotatable bonds is 5. The minimum atomic E-state index is -0.101. The fourth-order valence-corrected chi connectivity index (χ4v) is 2.54. The second-order valence-corrected chi connectivity index (χ2v) is 5.56. The molecule has 1 atom stereocenters. The van der Waals surface area contributed by atoms with E-state index in [1.165, 1.54) is 0 Å². The number of para-hydroxylation sites is 1. The van der Waals surface area contributed by atoms with Gasteiger partial charge in [-0.1, -0.05) is 18.2 Å². The third kappa shape index (κ3) is 3.54. The molecule has 0 radical (unpaired) electrons. The standard InChI is InChI=1S/C19H19NO3/c1-13(11-17-12-15-5-3-4-6-18(15)23-17)20-19(21)14-7-9-16(22-2)10-8-14/h3-10,12-13H,11H2,1-2H3,(H,20,21). The van der Waals surface area contributed by atoms with E-state index in [-0.39, 0.29) is 11.9 Å². The summed E-state index contributed by atoms with van der Waals surface area (Å²) in [5, 5.41) is 4.07. The Hall–Kier alpha value is -2.75. The van der Waals surface area contributed by atoms with E-state index in [1.54, 1.807) is 31.4 Å². The first-order chi connectivity index (χ1) is 11.2. The molecule has 0 saturated heterocycles. The second-order valence-electron chi connectivity index (χ2n) is 5.56. The zero-order valence-corrected chi connectivity index (χ0v) is 13.2. The van der Waals surface area contributed by atoms with Gasteiger partial charge in [0.05, 0.1) is 7.11 Å². The minimum absolute atomic E-state index is 0.0230. The van der Waals surface area contributed by atoms with Crippen molar-refractivity contribution in [2.24, 2.45) is 0 Å². The molecular weight excluding hydrogens is 290 g/mol. The summed E-state index contributed by atoms with van der Waals surface area (Å²) in [7, 11) is 1.60. The number of hydrogen-bond acceptors (Lipinski definition) is 3. The number of methoxy groups -OCH3 is 1. The third-order valence-corrected chi connectivity index (χ3v) is 3.71. The highest BCUT2D eigenvalue weighted by molar-refractivity contribution is 5.94. The molecule has 4 heteroatoms. The van der Waals surface area contributed by atoms with Crippen LogP contribution < -0.4 is 10.1 Å². The Labute approximate surface area is 135 Å². The van der Waals surface area contributed by atoms with Gasteiger partial charge in [-0.15, -0.1) is 0 Å². The summed E-state index contributed by atoms with van der Waals surface area (Å²) in [6, 6.07) is 16.9. The molecule has 1 aromatic heterocycles. The Morgan fingerprint density at radius 2 is 1.91 bits per heavy atom. The topological polar surface area (TPSA) is 51.5 Å². The molecule has 4 nitrogen and oxygen atoms in total. The molecule has 0 aliphatic rings. The van der Waals surface area contributed by atoms with Gasteiger partial charge in [-0.25, -0.2) is 0 Å². The SMILES string of the molecule is COc1ccc(C(=O)NC(C)Cc2cc3ccccc3o2)cc1. The molecule has 0 saturated carbocycles. The van der Waals surface area contributed by atoms with Crippen molar-refractivity contribution in [2.45, 2.75) is 19.4 Å². The Bertz CT molecular complexity index is 772. The number of ether oxygens (including phenoxy) is 1. The maximum absolute atomic E-state index is 12.2. The highest BCUT2D eigenvalue weighted by Crippen LogP contribution is 2.20. The van der Waals surface area contributed by atoms with Crippen LogP contribution in [0.4, 0.5) is 0 Å². The monoisotopic (exact) mass is 309 g/mol. The van der Waals surface area contributed by atoms with Gasteiger partial charge in [0.15, 0.2) is 0 Å². The molecule has 118 valence electrons. The maximum Gasteiger partial charge on any atom is 0.251 e. The van der Waals surface area contributed by atoms with Crippen molar-refractivity contribution in [3.63, 3.8) is 0 Å². The fourth-order valence-electron chi connectivity index (χ4n) is 2.54. The number of hydrogen-bond donors (Lipinski definition) is 1. The van der Waals surface area contributed by atoms with Crippen LogP contribution in [0.1, 0.15) is 23.0 Å². The van der Waals surface area contributed by atoms with Crippen LogP contribution in [-0.4, -0.2) is 19.1 Å². The van der Waals surface area contributed by atoms with Crippen molar-refractivity contribution >= 4 is 16.9 Å². The Kier molecular flexibility index (Phi) is 4.33. The lowest BCUT2D eigenvalue weighted by Gasteiger charge is -2.12. The third-order valence-electron chi connectivity index (χ3n) is 3.71.